The summed E-state index contributed by atoms with van der Waals surface area (Å²) < 4.78 is 39.0. The first-order chi connectivity index (χ1) is 13.7. The maximum Gasteiger partial charge on any atom is 0.416 e. The van der Waals surface area contributed by atoms with E-state index in [0.717, 1.165) is 17.8 Å². The van der Waals surface area contributed by atoms with Crippen molar-refractivity contribution in [1.29, 1.82) is 0 Å². The third kappa shape index (κ3) is 3.64. The molecule has 2 aliphatic heterocycles. The van der Waals surface area contributed by atoms with E-state index < -0.39 is 23.2 Å². The summed E-state index contributed by atoms with van der Waals surface area (Å²) in [5, 5.41) is 3.82. The molecule has 1 atom stereocenters. The highest BCUT2D eigenvalue weighted by atomic mass is 32.1. The number of likely N-dealkylation sites (tertiary alicyclic amines) is 1. The number of carbonyl (C=O) groups is 2. The van der Waals surface area contributed by atoms with Gasteiger partial charge in [-0.1, -0.05) is 6.07 Å². The van der Waals surface area contributed by atoms with Crippen molar-refractivity contribution in [3.8, 4) is 0 Å². The number of thiophene rings is 1. The third-order valence-electron chi connectivity index (χ3n) is 5.81. The van der Waals surface area contributed by atoms with Crippen molar-refractivity contribution in [2.45, 2.75) is 18.1 Å². The molecule has 1 aromatic carbocycles. The van der Waals surface area contributed by atoms with Gasteiger partial charge in [0.15, 0.2) is 0 Å². The summed E-state index contributed by atoms with van der Waals surface area (Å²) in [6.07, 6.45) is -3.84. The first kappa shape index (κ1) is 19.9. The van der Waals surface area contributed by atoms with Crippen LogP contribution in [0.25, 0.3) is 0 Å². The quantitative estimate of drug-likeness (QED) is 0.744. The summed E-state index contributed by atoms with van der Waals surface area (Å²) in [6, 6.07) is 6.42. The summed E-state index contributed by atoms with van der Waals surface area (Å²) in [6.45, 7) is 1.49. The predicted octanol–water partition coefficient (Wildman–Crippen LogP) is 3.33. The first-order valence-electron chi connectivity index (χ1n) is 9.20. The number of benzene rings is 1. The van der Waals surface area contributed by atoms with Crippen LogP contribution in [0.4, 0.5) is 18.9 Å². The van der Waals surface area contributed by atoms with Gasteiger partial charge in [0.1, 0.15) is 0 Å². The van der Waals surface area contributed by atoms with Crippen LogP contribution in [0.15, 0.2) is 41.1 Å². The zero-order valence-corrected chi connectivity index (χ0v) is 16.6. The lowest BCUT2D eigenvalue weighted by atomic mass is 9.93. The molecule has 2 amide bonds. The van der Waals surface area contributed by atoms with Crippen LogP contribution >= 0.6 is 11.3 Å². The van der Waals surface area contributed by atoms with E-state index in [4.69, 9.17) is 0 Å². The number of piperazine rings is 1. The average Bonchev–Trinajstić information content (AvgIpc) is 3.35. The number of halogens is 3. The minimum atomic E-state index is -4.49. The highest BCUT2D eigenvalue weighted by Crippen LogP contribution is 2.35. The molecule has 3 heterocycles. The van der Waals surface area contributed by atoms with Crippen LogP contribution < -0.4 is 4.90 Å². The van der Waals surface area contributed by atoms with Crippen LogP contribution in [0.5, 0.6) is 0 Å². The number of anilines is 1. The van der Waals surface area contributed by atoms with E-state index in [1.54, 1.807) is 9.80 Å². The fourth-order valence-electron chi connectivity index (χ4n) is 4.09. The van der Waals surface area contributed by atoms with Crippen LogP contribution in [0.2, 0.25) is 0 Å². The number of amides is 2. The zero-order chi connectivity index (χ0) is 20.8. The molecule has 154 valence electrons. The second-order valence-corrected chi connectivity index (χ2v) is 8.38. The Bertz CT molecular complexity index is 931. The van der Waals surface area contributed by atoms with Gasteiger partial charge in [0.2, 0.25) is 5.91 Å². The molecular formula is C20H20F3N3O2S. The van der Waals surface area contributed by atoms with Crippen molar-refractivity contribution in [3.63, 3.8) is 0 Å². The fraction of sp³-hybridized carbons (Fsp3) is 0.400. The van der Waals surface area contributed by atoms with Crippen LogP contribution in [0, 0.1) is 0 Å². The Kier molecular flexibility index (Phi) is 4.90. The molecule has 4 rings (SSSR count). The lowest BCUT2D eigenvalue weighted by Gasteiger charge is -2.46. The number of hydrogen-bond acceptors (Lipinski definition) is 4. The van der Waals surface area contributed by atoms with Gasteiger partial charge in [0, 0.05) is 30.6 Å². The number of likely N-dealkylation sites (N-methyl/N-ethyl adjacent to an activating group) is 1. The first-order valence-corrected chi connectivity index (χ1v) is 10.1. The topological polar surface area (TPSA) is 43.9 Å². The van der Waals surface area contributed by atoms with E-state index in [0.29, 0.717) is 26.1 Å². The summed E-state index contributed by atoms with van der Waals surface area (Å²) in [5.41, 5.74) is -0.370. The Morgan fingerprint density at radius 1 is 1.21 bits per heavy atom. The molecule has 9 heteroatoms. The number of nitrogens with zero attached hydrogens (tertiary/aromatic N) is 3. The molecule has 2 fully saturated rings. The van der Waals surface area contributed by atoms with Gasteiger partial charge in [0.25, 0.3) is 5.91 Å². The van der Waals surface area contributed by atoms with Crippen molar-refractivity contribution in [2.24, 2.45) is 0 Å². The van der Waals surface area contributed by atoms with Crippen molar-refractivity contribution in [2.75, 3.05) is 38.1 Å². The molecule has 2 aliphatic rings. The van der Waals surface area contributed by atoms with Crippen LogP contribution in [0.1, 0.15) is 22.3 Å². The van der Waals surface area contributed by atoms with Crippen molar-refractivity contribution < 1.29 is 22.8 Å². The SMILES string of the molecule is CN1CC(=O)N(c2ccsc2)C[C@]12CCN(C(=O)c1cccc(C(F)(F)F)c1)C2. The average molecular weight is 423 g/mol. The summed E-state index contributed by atoms with van der Waals surface area (Å²) in [5.74, 6) is -0.417. The van der Waals surface area contributed by atoms with E-state index in [1.807, 2.05) is 28.8 Å². The van der Waals surface area contributed by atoms with Crippen molar-refractivity contribution in [3.05, 3.63) is 52.2 Å². The largest absolute Gasteiger partial charge is 0.416 e. The van der Waals surface area contributed by atoms with Crippen molar-refractivity contribution >= 4 is 28.8 Å². The molecule has 2 aromatic rings. The zero-order valence-electron chi connectivity index (χ0n) is 15.8. The molecule has 1 aromatic heterocycles. The van der Waals surface area contributed by atoms with Gasteiger partial charge in [-0.2, -0.15) is 24.5 Å². The molecule has 2 saturated heterocycles. The Hall–Kier alpha value is -2.39. The Balaban J connectivity index is 1.55. The standard InChI is InChI=1S/C20H20F3N3O2S/c1-24-10-17(27)26(16-5-8-29-11-16)13-19(24)6-7-25(12-19)18(28)14-3-2-4-15(9-14)20(21,22)23/h2-5,8-9,11H,6-7,10,12-13H2,1H3/t19-/m1/s1. The summed E-state index contributed by atoms with van der Waals surface area (Å²) in [4.78, 5) is 30.7. The normalized spacial score (nSPS) is 23.2. The molecule has 0 radical (unpaired) electrons. The molecule has 29 heavy (non-hydrogen) atoms. The van der Waals surface area contributed by atoms with Crippen LogP contribution in [-0.2, 0) is 11.0 Å². The lowest BCUT2D eigenvalue weighted by Crippen LogP contribution is -2.64. The highest BCUT2D eigenvalue weighted by Gasteiger charge is 2.49. The number of rotatable bonds is 2. The van der Waals surface area contributed by atoms with Gasteiger partial charge in [-0.25, -0.2) is 0 Å². The monoisotopic (exact) mass is 423 g/mol. The van der Waals surface area contributed by atoms with E-state index in [1.165, 1.54) is 23.5 Å². The molecule has 1 spiro atoms. The van der Waals surface area contributed by atoms with Gasteiger partial charge in [-0.05, 0) is 43.1 Å². The van der Waals surface area contributed by atoms with E-state index >= 15 is 0 Å². The lowest BCUT2D eigenvalue weighted by molar-refractivity contribution is -0.137. The van der Waals surface area contributed by atoms with E-state index in [9.17, 15) is 22.8 Å². The Labute approximate surface area is 170 Å². The Morgan fingerprint density at radius 2 is 2.00 bits per heavy atom. The van der Waals surface area contributed by atoms with E-state index in [-0.39, 0.29) is 18.0 Å². The summed E-state index contributed by atoms with van der Waals surface area (Å²) >= 11 is 1.51. The van der Waals surface area contributed by atoms with Crippen LogP contribution in [0.3, 0.4) is 0 Å². The molecule has 5 nitrogen and oxygen atoms in total. The predicted molar refractivity (Wildman–Crippen MR) is 104 cm³/mol. The molecule has 0 unspecified atom stereocenters. The second-order valence-electron chi connectivity index (χ2n) is 7.60. The highest BCUT2D eigenvalue weighted by molar-refractivity contribution is 7.08. The Morgan fingerprint density at radius 3 is 2.69 bits per heavy atom. The number of hydrogen-bond donors (Lipinski definition) is 0. The van der Waals surface area contributed by atoms with Gasteiger partial charge in [-0.3, -0.25) is 14.5 Å². The smallest absolute Gasteiger partial charge is 0.337 e. The van der Waals surface area contributed by atoms with Crippen LogP contribution in [-0.4, -0.2) is 60.4 Å². The molecule has 0 aliphatic carbocycles. The van der Waals surface area contributed by atoms with Gasteiger partial charge in [-0.15, -0.1) is 0 Å². The third-order valence-corrected chi connectivity index (χ3v) is 6.48. The number of carbonyl (C=O) groups excluding carboxylic acids is 2. The molecular weight excluding hydrogens is 403 g/mol. The minimum Gasteiger partial charge on any atom is -0.337 e. The van der Waals surface area contributed by atoms with Crippen molar-refractivity contribution in [1.82, 2.24) is 9.80 Å². The molecule has 0 N–H and O–H groups in total. The minimum absolute atomic E-state index is 0.000759. The van der Waals surface area contributed by atoms with E-state index in [2.05, 4.69) is 0 Å². The number of alkyl halides is 3. The molecule has 0 saturated carbocycles. The van der Waals surface area contributed by atoms with Gasteiger partial charge < -0.3 is 9.80 Å². The van der Waals surface area contributed by atoms with Gasteiger partial charge >= 0.3 is 6.18 Å². The van der Waals surface area contributed by atoms with Gasteiger partial charge in [0.05, 0.1) is 23.3 Å². The molecule has 0 bridgehead atoms. The maximum atomic E-state index is 13.0. The summed E-state index contributed by atoms with van der Waals surface area (Å²) in [7, 11) is 1.86. The fourth-order valence-corrected chi connectivity index (χ4v) is 4.73. The maximum absolute atomic E-state index is 13.0. The second kappa shape index (κ2) is 7.14.